The van der Waals surface area contributed by atoms with Gasteiger partial charge in [-0.3, -0.25) is 4.79 Å². The van der Waals surface area contributed by atoms with E-state index in [9.17, 15) is 18.0 Å². The second kappa shape index (κ2) is 6.61. The van der Waals surface area contributed by atoms with E-state index in [2.05, 4.69) is 15.9 Å². The highest BCUT2D eigenvalue weighted by Crippen LogP contribution is 2.37. The smallest absolute Gasteiger partial charge is 0.298 e. The van der Waals surface area contributed by atoms with Crippen LogP contribution >= 0.6 is 27.7 Å². The van der Waals surface area contributed by atoms with Crippen molar-refractivity contribution in [3.63, 3.8) is 0 Å². The van der Waals surface area contributed by atoms with Gasteiger partial charge >= 0.3 is 5.51 Å². The Kier molecular flexibility index (Phi) is 5.72. The van der Waals surface area contributed by atoms with Crippen LogP contribution in [-0.4, -0.2) is 16.6 Å². The summed E-state index contributed by atoms with van der Waals surface area (Å²) in [7, 11) is 0. The zero-order chi connectivity index (χ0) is 13.8. The van der Waals surface area contributed by atoms with Crippen molar-refractivity contribution in [2.75, 3.05) is 5.33 Å². The molecule has 0 saturated heterocycles. The van der Waals surface area contributed by atoms with Crippen LogP contribution in [0.25, 0.3) is 0 Å². The molecule has 0 amide bonds. The number of ketones is 1. The number of carbonyl (C=O) groups excluding carboxylic acids is 1. The van der Waals surface area contributed by atoms with Gasteiger partial charge in [0.25, 0.3) is 0 Å². The summed E-state index contributed by atoms with van der Waals surface area (Å²) in [4.78, 5) is 11.5. The highest BCUT2D eigenvalue weighted by atomic mass is 79.9. The van der Waals surface area contributed by atoms with E-state index in [0.29, 0.717) is 12.0 Å². The van der Waals surface area contributed by atoms with Gasteiger partial charge in [0, 0.05) is 11.3 Å². The maximum absolute atomic E-state index is 12.3. The van der Waals surface area contributed by atoms with Crippen LogP contribution in [0.2, 0.25) is 0 Å². The maximum Gasteiger partial charge on any atom is 0.446 e. The average Bonchev–Trinajstić information content (AvgIpc) is 2.27. The number of alkyl halides is 4. The number of hydrogen-bond donors (Lipinski definition) is 0. The third-order valence-corrected chi connectivity index (χ3v) is 3.68. The summed E-state index contributed by atoms with van der Waals surface area (Å²) >= 11 is 2.90. The molecule has 0 atom stereocenters. The van der Waals surface area contributed by atoms with Crippen LogP contribution in [0.3, 0.4) is 0 Å². The second-order valence-electron chi connectivity index (χ2n) is 3.68. The Morgan fingerprint density at radius 3 is 2.50 bits per heavy atom. The number of halogens is 4. The monoisotopic (exact) mass is 340 g/mol. The summed E-state index contributed by atoms with van der Waals surface area (Å²) in [5.74, 6) is -0.0427. The van der Waals surface area contributed by atoms with E-state index in [1.807, 2.05) is 6.92 Å². The van der Waals surface area contributed by atoms with E-state index in [1.54, 1.807) is 6.07 Å². The van der Waals surface area contributed by atoms with E-state index >= 15 is 0 Å². The van der Waals surface area contributed by atoms with Crippen LogP contribution in [0, 0.1) is 0 Å². The lowest BCUT2D eigenvalue weighted by atomic mass is 10.0. The van der Waals surface area contributed by atoms with Crippen LogP contribution in [-0.2, 0) is 17.6 Å². The number of benzene rings is 1. The molecule has 1 aromatic rings. The third-order valence-electron chi connectivity index (χ3n) is 2.33. The Hall–Kier alpha value is -0.490. The molecule has 0 saturated carbocycles. The SMILES string of the molecule is CCc1ccc(SC(F)(F)F)cc1CC(=O)CBr. The second-order valence-corrected chi connectivity index (χ2v) is 5.38. The minimum Gasteiger partial charge on any atom is -0.298 e. The van der Waals surface area contributed by atoms with Gasteiger partial charge in [0.2, 0.25) is 0 Å². The van der Waals surface area contributed by atoms with Crippen LogP contribution in [0.4, 0.5) is 13.2 Å². The fourth-order valence-corrected chi connectivity index (χ4v) is 2.37. The minimum absolute atomic E-state index is 0.0427. The Morgan fingerprint density at radius 2 is 2.00 bits per heavy atom. The van der Waals surface area contributed by atoms with Crippen LogP contribution in [0.1, 0.15) is 18.1 Å². The molecule has 0 fully saturated rings. The molecule has 0 aromatic heterocycles. The Bertz CT molecular complexity index is 432. The Balaban J connectivity index is 2.98. The van der Waals surface area contributed by atoms with Gasteiger partial charge in [-0.2, -0.15) is 13.2 Å². The molecule has 18 heavy (non-hydrogen) atoms. The Morgan fingerprint density at radius 1 is 1.33 bits per heavy atom. The summed E-state index contributed by atoms with van der Waals surface area (Å²) < 4.78 is 36.8. The molecule has 6 heteroatoms. The molecular weight excluding hydrogens is 329 g/mol. The lowest BCUT2D eigenvalue weighted by Gasteiger charge is -2.11. The average molecular weight is 341 g/mol. The highest BCUT2D eigenvalue weighted by Gasteiger charge is 2.29. The normalized spacial score (nSPS) is 11.6. The van der Waals surface area contributed by atoms with Gasteiger partial charge in [-0.15, -0.1) is 0 Å². The van der Waals surface area contributed by atoms with Gasteiger partial charge in [-0.25, -0.2) is 0 Å². The van der Waals surface area contributed by atoms with E-state index in [1.165, 1.54) is 12.1 Å². The molecule has 0 radical (unpaired) electrons. The summed E-state index contributed by atoms with van der Waals surface area (Å²) in [5, 5.41) is 0.215. The molecule has 1 aromatic carbocycles. The number of aryl methyl sites for hydroxylation is 1. The zero-order valence-corrected chi connectivity index (χ0v) is 12.1. The zero-order valence-electron chi connectivity index (χ0n) is 9.68. The van der Waals surface area contributed by atoms with Gasteiger partial charge in [-0.1, -0.05) is 28.9 Å². The molecule has 0 N–H and O–H groups in total. The summed E-state index contributed by atoms with van der Waals surface area (Å²) in [5.41, 5.74) is -2.71. The molecule has 0 aliphatic rings. The van der Waals surface area contributed by atoms with Gasteiger partial charge < -0.3 is 0 Å². The first-order chi connectivity index (χ1) is 8.35. The number of rotatable bonds is 5. The molecule has 0 spiro atoms. The molecule has 1 nitrogen and oxygen atoms in total. The molecule has 100 valence electrons. The van der Waals surface area contributed by atoms with Crippen molar-refractivity contribution in [3.8, 4) is 0 Å². The van der Waals surface area contributed by atoms with E-state index in [-0.39, 0.29) is 34.2 Å². The maximum atomic E-state index is 12.3. The van der Waals surface area contributed by atoms with Crippen molar-refractivity contribution in [1.82, 2.24) is 0 Å². The molecule has 0 bridgehead atoms. The van der Waals surface area contributed by atoms with Crippen molar-refractivity contribution in [2.24, 2.45) is 0 Å². The quantitative estimate of drug-likeness (QED) is 0.584. The van der Waals surface area contributed by atoms with Crippen molar-refractivity contribution < 1.29 is 18.0 Å². The number of Topliss-reactive ketones (excluding diaryl/α,β-unsaturated/α-hetero) is 1. The molecule has 0 unspecified atom stereocenters. The van der Waals surface area contributed by atoms with E-state index in [4.69, 9.17) is 0 Å². The molecule has 0 aliphatic heterocycles. The molecular formula is C12H12BrF3OS. The van der Waals surface area contributed by atoms with Crippen molar-refractivity contribution in [1.29, 1.82) is 0 Å². The first kappa shape index (κ1) is 15.6. The number of hydrogen-bond acceptors (Lipinski definition) is 2. The van der Waals surface area contributed by atoms with Gasteiger partial charge in [0.15, 0.2) is 0 Å². The summed E-state index contributed by atoms with van der Waals surface area (Å²) in [6.07, 6.45) is 0.864. The van der Waals surface area contributed by atoms with Crippen molar-refractivity contribution in [2.45, 2.75) is 30.2 Å². The molecule has 0 aliphatic carbocycles. The first-order valence-electron chi connectivity index (χ1n) is 5.31. The summed E-state index contributed by atoms with van der Waals surface area (Å²) in [6, 6.07) is 4.56. The first-order valence-corrected chi connectivity index (χ1v) is 7.24. The Labute approximate surface area is 116 Å². The minimum atomic E-state index is -4.30. The predicted molar refractivity (Wildman–Crippen MR) is 70.2 cm³/mol. The predicted octanol–water partition coefficient (Wildman–Crippen LogP) is 4.37. The third kappa shape index (κ3) is 5.02. The van der Waals surface area contributed by atoms with Crippen LogP contribution in [0.5, 0.6) is 0 Å². The lowest BCUT2D eigenvalue weighted by Crippen LogP contribution is -2.07. The van der Waals surface area contributed by atoms with E-state index < -0.39 is 5.51 Å². The molecule has 1 rings (SSSR count). The summed E-state index contributed by atoms with van der Waals surface area (Å²) in [6.45, 7) is 1.91. The van der Waals surface area contributed by atoms with Crippen LogP contribution in [0.15, 0.2) is 23.1 Å². The highest BCUT2D eigenvalue weighted by molar-refractivity contribution is 9.09. The number of thioether (sulfide) groups is 1. The topological polar surface area (TPSA) is 17.1 Å². The largest absolute Gasteiger partial charge is 0.446 e. The van der Waals surface area contributed by atoms with E-state index in [0.717, 1.165) is 5.56 Å². The van der Waals surface area contributed by atoms with Crippen molar-refractivity contribution in [3.05, 3.63) is 29.3 Å². The van der Waals surface area contributed by atoms with Gasteiger partial charge in [-0.05, 0) is 41.4 Å². The van der Waals surface area contributed by atoms with Crippen molar-refractivity contribution >= 4 is 33.5 Å². The fraction of sp³-hybridized carbons (Fsp3) is 0.417. The molecule has 0 heterocycles. The standard InChI is InChI=1S/C12H12BrF3OS/c1-2-8-3-4-11(18-12(14,15)16)6-9(8)5-10(17)7-13/h3-4,6H,2,5,7H2,1H3. The van der Waals surface area contributed by atoms with Crippen LogP contribution < -0.4 is 0 Å². The lowest BCUT2D eigenvalue weighted by molar-refractivity contribution is -0.115. The van der Waals surface area contributed by atoms with Gasteiger partial charge in [0.05, 0.1) is 5.33 Å². The fourth-order valence-electron chi connectivity index (χ4n) is 1.57. The van der Waals surface area contributed by atoms with Gasteiger partial charge in [0.1, 0.15) is 5.78 Å². The number of carbonyl (C=O) groups is 1.